The van der Waals surface area contributed by atoms with E-state index in [1.165, 1.54) is 0 Å². The first-order valence-corrected chi connectivity index (χ1v) is 3.94. The van der Waals surface area contributed by atoms with E-state index in [9.17, 15) is 4.39 Å². The quantitative estimate of drug-likeness (QED) is 0.531. The highest BCUT2D eigenvalue weighted by atomic mass is 31.0. The van der Waals surface area contributed by atoms with Crippen LogP contribution in [0.15, 0.2) is 0 Å². The average molecular weight is 150 g/mol. The molecule has 9 heavy (non-hydrogen) atoms. The highest BCUT2D eigenvalue weighted by molar-refractivity contribution is 7.18. The van der Waals surface area contributed by atoms with Crippen molar-refractivity contribution < 1.29 is 4.39 Å². The van der Waals surface area contributed by atoms with Crippen molar-refractivity contribution in [1.29, 1.82) is 0 Å². The smallest absolute Gasteiger partial charge is 0.128 e. The van der Waals surface area contributed by atoms with Crippen LogP contribution in [0, 0.1) is 11.8 Å². The summed E-state index contributed by atoms with van der Waals surface area (Å²) < 4.78 is 13.3. The van der Waals surface area contributed by atoms with Gasteiger partial charge in [0.15, 0.2) is 0 Å². The van der Waals surface area contributed by atoms with Gasteiger partial charge in [0.2, 0.25) is 0 Å². The Labute approximate surface area is 59.4 Å². The third-order valence-corrected chi connectivity index (χ3v) is 3.10. The van der Waals surface area contributed by atoms with Crippen LogP contribution in [-0.2, 0) is 0 Å². The van der Waals surface area contributed by atoms with E-state index in [4.69, 9.17) is 0 Å². The van der Waals surface area contributed by atoms with Gasteiger partial charge in [0.05, 0.1) is 0 Å². The van der Waals surface area contributed by atoms with Crippen LogP contribution in [0.2, 0.25) is 0 Å². The Bertz CT molecular complexity index is 76.9. The maximum Gasteiger partial charge on any atom is 0.128 e. The van der Waals surface area contributed by atoms with Crippen molar-refractivity contribution in [2.24, 2.45) is 11.8 Å². The second kappa shape index (κ2) is 2.96. The first-order valence-electron chi connectivity index (χ1n) is 3.36. The molecule has 0 aromatic rings. The molecular weight excluding hydrogens is 134 g/mol. The molecule has 1 unspecified atom stereocenters. The fraction of sp³-hybridized carbons (Fsp3) is 1.00. The zero-order valence-corrected chi connectivity index (χ0v) is 7.76. The third-order valence-electron chi connectivity index (χ3n) is 1.77. The third kappa shape index (κ3) is 2.21. The average Bonchev–Trinajstić information content (AvgIpc) is 1.65. The summed E-state index contributed by atoms with van der Waals surface area (Å²) in [5, 5.41) is -1.08. The molecule has 0 aliphatic carbocycles. The minimum absolute atomic E-state index is 0.0856. The van der Waals surface area contributed by atoms with Crippen LogP contribution >= 0.6 is 9.24 Å². The molecule has 0 bridgehead atoms. The Morgan fingerprint density at radius 2 is 1.33 bits per heavy atom. The van der Waals surface area contributed by atoms with Crippen molar-refractivity contribution in [1.82, 2.24) is 0 Å². The van der Waals surface area contributed by atoms with Gasteiger partial charge in [-0.15, -0.1) is 0 Å². The first-order chi connectivity index (χ1) is 3.89. The SMILES string of the molecule is CC(C)C(F)(P)C(C)C. The van der Waals surface area contributed by atoms with Gasteiger partial charge in [-0.1, -0.05) is 36.9 Å². The predicted octanol–water partition coefficient (Wildman–Crippen LogP) is 2.84. The second-order valence-electron chi connectivity index (χ2n) is 3.14. The van der Waals surface area contributed by atoms with E-state index in [-0.39, 0.29) is 11.8 Å². The van der Waals surface area contributed by atoms with Crippen molar-refractivity contribution in [3.05, 3.63) is 0 Å². The molecule has 0 aromatic carbocycles. The summed E-state index contributed by atoms with van der Waals surface area (Å²) in [4.78, 5) is 0. The second-order valence-corrected chi connectivity index (χ2v) is 4.02. The zero-order valence-electron chi connectivity index (χ0n) is 6.61. The molecule has 0 fully saturated rings. The van der Waals surface area contributed by atoms with Crippen molar-refractivity contribution in [2.45, 2.75) is 33.1 Å². The van der Waals surface area contributed by atoms with Gasteiger partial charge in [-0.2, -0.15) is 0 Å². The lowest BCUT2D eigenvalue weighted by Gasteiger charge is -2.28. The van der Waals surface area contributed by atoms with Crippen LogP contribution < -0.4 is 0 Å². The number of rotatable bonds is 2. The fourth-order valence-corrected chi connectivity index (χ4v) is 0.667. The molecule has 0 heterocycles. The highest BCUT2D eigenvalue weighted by Gasteiger charge is 2.31. The Hall–Kier alpha value is 0.360. The lowest BCUT2D eigenvalue weighted by atomic mass is 9.97. The molecular formula is C7H16FP. The topological polar surface area (TPSA) is 0 Å². The van der Waals surface area contributed by atoms with Crippen LogP contribution in [0.25, 0.3) is 0 Å². The minimum atomic E-state index is -1.08. The largest absolute Gasteiger partial charge is 0.239 e. The van der Waals surface area contributed by atoms with Crippen LogP contribution in [0.4, 0.5) is 4.39 Å². The fourth-order valence-electron chi connectivity index (χ4n) is 0.667. The Morgan fingerprint density at radius 1 is 1.11 bits per heavy atom. The summed E-state index contributed by atoms with van der Waals surface area (Å²) in [6.07, 6.45) is 0. The molecule has 0 aromatic heterocycles. The summed E-state index contributed by atoms with van der Waals surface area (Å²) in [6, 6.07) is 0. The molecule has 0 saturated carbocycles. The number of alkyl halides is 1. The molecule has 0 N–H and O–H groups in total. The lowest BCUT2D eigenvalue weighted by Crippen LogP contribution is -2.27. The number of hydrogen-bond donors (Lipinski definition) is 0. The molecule has 2 heteroatoms. The summed E-state index contributed by atoms with van der Waals surface area (Å²) in [5.41, 5.74) is 0. The maximum atomic E-state index is 13.3. The van der Waals surface area contributed by atoms with Gasteiger partial charge in [-0.05, 0) is 11.8 Å². The van der Waals surface area contributed by atoms with Crippen molar-refractivity contribution >= 4 is 9.24 Å². The Morgan fingerprint density at radius 3 is 1.33 bits per heavy atom. The van der Waals surface area contributed by atoms with Crippen molar-refractivity contribution in [2.75, 3.05) is 0 Å². The summed E-state index contributed by atoms with van der Waals surface area (Å²) in [7, 11) is 2.28. The van der Waals surface area contributed by atoms with E-state index in [2.05, 4.69) is 9.24 Å². The van der Waals surface area contributed by atoms with E-state index < -0.39 is 5.41 Å². The van der Waals surface area contributed by atoms with Crippen LogP contribution in [0.5, 0.6) is 0 Å². The molecule has 0 nitrogen and oxygen atoms in total. The van der Waals surface area contributed by atoms with Gasteiger partial charge in [-0.3, -0.25) is 0 Å². The summed E-state index contributed by atoms with van der Waals surface area (Å²) >= 11 is 0. The van der Waals surface area contributed by atoms with Crippen molar-refractivity contribution in [3.8, 4) is 0 Å². The minimum Gasteiger partial charge on any atom is -0.239 e. The molecule has 1 atom stereocenters. The highest BCUT2D eigenvalue weighted by Crippen LogP contribution is 2.36. The van der Waals surface area contributed by atoms with E-state index in [0.29, 0.717) is 0 Å². The molecule has 0 amide bonds. The monoisotopic (exact) mass is 150 g/mol. The summed E-state index contributed by atoms with van der Waals surface area (Å²) in [6.45, 7) is 7.58. The molecule has 0 aliphatic heterocycles. The van der Waals surface area contributed by atoms with E-state index in [1.54, 1.807) is 0 Å². The first kappa shape index (κ1) is 9.36. The van der Waals surface area contributed by atoms with Crippen LogP contribution in [0.1, 0.15) is 27.7 Å². The standard InChI is InChI=1S/C7H16FP/c1-5(2)7(8,9)6(3)4/h5-6H,9H2,1-4H3. The molecule has 0 radical (unpaired) electrons. The molecule has 0 saturated heterocycles. The van der Waals surface area contributed by atoms with Gasteiger partial charge in [0.1, 0.15) is 5.41 Å². The molecule has 56 valence electrons. The van der Waals surface area contributed by atoms with Gasteiger partial charge < -0.3 is 0 Å². The predicted molar refractivity (Wildman–Crippen MR) is 43.2 cm³/mol. The zero-order chi connectivity index (χ0) is 7.65. The van der Waals surface area contributed by atoms with Gasteiger partial charge in [0, 0.05) is 0 Å². The normalized spacial score (nSPS) is 13.3. The van der Waals surface area contributed by atoms with Crippen LogP contribution in [0.3, 0.4) is 0 Å². The molecule has 0 spiro atoms. The Kier molecular flexibility index (Phi) is 3.08. The molecule has 0 aliphatic rings. The Balaban J connectivity index is 4.01. The number of hydrogen-bond acceptors (Lipinski definition) is 0. The van der Waals surface area contributed by atoms with Crippen LogP contribution in [-0.4, -0.2) is 5.41 Å². The van der Waals surface area contributed by atoms with E-state index in [0.717, 1.165) is 0 Å². The number of halogens is 1. The van der Waals surface area contributed by atoms with Gasteiger partial charge in [-0.25, -0.2) is 4.39 Å². The van der Waals surface area contributed by atoms with E-state index in [1.807, 2.05) is 27.7 Å². The maximum absolute atomic E-state index is 13.3. The lowest BCUT2D eigenvalue weighted by molar-refractivity contribution is 0.149. The molecule has 0 rings (SSSR count). The van der Waals surface area contributed by atoms with Crippen molar-refractivity contribution in [3.63, 3.8) is 0 Å². The summed E-state index contributed by atoms with van der Waals surface area (Å²) in [5.74, 6) is 0.171. The van der Waals surface area contributed by atoms with Gasteiger partial charge in [0.25, 0.3) is 0 Å². The van der Waals surface area contributed by atoms with Gasteiger partial charge >= 0.3 is 0 Å². The van der Waals surface area contributed by atoms with E-state index >= 15 is 0 Å².